The molecule has 0 bridgehead atoms. The van der Waals surface area contributed by atoms with E-state index in [1.54, 1.807) is 19.1 Å². The van der Waals surface area contributed by atoms with Crippen molar-refractivity contribution in [2.24, 2.45) is 0 Å². The largest absolute Gasteiger partial charge is 0.347 e. The van der Waals surface area contributed by atoms with Gasteiger partial charge in [0.15, 0.2) is 0 Å². The molecule has 0 aromatic heterocycles. The summed E-state index contributed by atoms with van der Waals surface area (Å²) in [5.41, 5.74) is 1.58. The number of nitrogens with one attached hydrogen (secondary N) is 2. The Hall–Kier alpha value is -1.55. The van der Waals surface area contributed by atoms with Crippen molar-refractivity contribution in [3.8, 4) is 0 Å². The highest BCUT2D eigenvalue weighted by Gasteiger charge is 2.06. The van der Waals surface area contributed by atoms with Crippen LogP contribution in [0.3, 0.4) is 0 Å². The SMILES string of the molecule is CCC(=O)NCC(=O)Nc1cc(Cl)ccc1C. The smallest absolute Gasteiger partial charge is 0.243 e. The minimum Gasteiger partial charge on any atom is -0.347 e. The second-order valence-electron chi connectivity index (χ2n) is 3.64. The lowest BCUT2D eigenvalue weighted by Crippen LogP contribution is -2.32. The standard InChI is InChI=1S/C12H15ClN2O2/c1-3-11(16)14-7-12(17)15-10-6-9(13)5-4-8(10)2/h4-6H,3,7H2,1-2H3,(H,14,16)(H,15,17). The molecule has 1 rings (SSSR count). The second-order valence-corrected chi connectivity index (χ2v) is 4.07. The number of carbonyl (C=O) groups is 2. The first-order chi connectivity index (χ1) is 8.02. The summed E-state index contributed by atoms with van der Waals surface area (Å²) < 4.78 is 0. The summed E-state index contributed by atoms with van der Waals surface area (Å²) in [6.45, 7) is 3.57. The van der Waals surface area contributed by atoms with Crippen molar-refractivity contribution in [1.82, 2.24) is 5.32 Å². The molecule has 1 aromatic carbocycles. The topological polar surface area (TPSA) is 58.2 Å². The molecule has 0 radical (unpaired) electrons. The molecule has 0 aliphatic rings. The number of halogens is 1. The van der Waals surface area contributed by atoms with E-state index in [-0.39, 0.29) is 18.4 Å². The van der Waals surface area contributed by atoms with Crippen LogP contribution in [0.4, 0.5) is 5.69 Å². The summed E-state index contributed by atoms with van der Waals surface area (Å²) in [4.78, 5) is 22.5. The summed E-state index contributed by atoms with van der Waals surface area (Å²) in [5.74, 6) is -0.417. The fraction of sp³-hybridized carbons (Fsp3) is 0.333. The number of aryl methyl sites for hydroxylation is 1. The third kappa shape index (κ3) is 4.44. The molecule has 0 atom stereocenters. The Balaban J connectivity index is 2.56. The molecule has 0 heterocycles. The minimum absolute atomic E-state index is 0.0291. The molecule has 0 aliphatic heterocycles. The third-order valence-electron chi connectivity index (χ3n) is 2.24. The van der Waals surface area contributed by atoms with Gasteiger partial charge < -0.3 is 10.6 Å². The molecule has 2 amide bonds. The van der Waals surface area contributed by atoms with Crippen molar-refractivity contribution in [2.45, 2.75) is 20.3 Å². The lowest BCUT2D eigenvalue weighted by Gasteiger charge is -2.09. The Morgan fingerprint density at radius 2 is 2.00 bits per heavy atom. The fourth-order valence-corrected chi connectivity index (χ4v) is 1.40. The van der Waals surface area contributed by atoms with Crippen molar-refractivity contribution in [1.29, 1.82) is 0 Å². The molecule has 4 nitrogen and oxygen atoms in total. The van der Waals surface area contributed by atoms with Gasteiger partial charge in [0.2, 0.25) is 11.8 Å². The highest BCUT2D eigenvalue weighted by molar-refractivity contribution is 6.31. The van der Waals surface area contributed by atoms with E-state index >= 15 is 0 Å². The van der Waals surface area contributed by atoms with E-state index in [0.29, 0.717) is 17.1 Å². The molecule has 5 heteroatoms. The predicted molar refractivity (Wildman–Crippen MR) is 68.1 cm³/mol. The molecule has 0 saturated carbocycles. The summed E-state index contributed by atoms with van der Waals surface area (Å²) in [6, 6.07) is 5.25. The van der Waals surface area contributed by atoms with E-state index in [4.69, 9.17) is 11.6 Å². The van der Waals surface area contributed by atoms with Crippen LogP contribution in [0.2, 0.25) is 5.02 Å². The van der Waals surface area contributed by atoms with Gasteiger partial charge in [0.05, 0.1) is 6.54 Å². The maximum absolute atomic E-state index is 11.5. The summed E-state index contributed by atoms with van der Waals surface area (Å²) in [5, 5.41) is 5.75. The quantitative estimate of drug-likeness (QED) is 0.865. The van der Waals surface area contributed by atoms with Gasteiger partial charge in [-0.2, -0.15) is 0 Å². The maximum Gasteiger partial charge on any atom is 0.243 e. The molecule has 1 aromatic rings. The zero-order valence-corrected chi connectivity index (χ0v) is 10.6. The molecule has 17 heavy (non-hydrogen) atoms. The van der Waals surface area contributed by atoms with E-state index in [2.05, 4.69) is 10.6 Å². The molecule has 2 N–H and O–H groups in total. The van der Waals surface area contributed by atoms with Gasteiger partial charge in [-0.1, -0.05) is 24.6 Å². The Bertz CT molecular complexity index is 433. The molecular formula is C12H15ClN2O2. The molecule has 0 fully saturated rings. The summed E-state index contributed by atoms with van der Waals surface area (Å²) in [7, 11) is 0. The Morgan fingerprint density at radius 1 is 1.29 bits per heavy atom. The van der Waals surface area contributed by atoms with Crippen molar-refractivity contribution in [2.75, 3.05) is 11.9 Å². The van der Waals surface area contributed by atoms with Crippen LogP contribution < -0.4 is 10.6 Å². The van der Waals surface area contributed by atoms with Crippen LogP contribution >= 0.6 is 11.6 Å². The molecule has 92 valence electrons. The maximum atomic E-state index is 11.5. The average molecular weight is 255 g/mol. The van der Waals surface area contributed by atoms with Crippen LogP contribution in [0.25, 0.3) is 0 Å². The van der Waals surface area contributed by atoms with Crippen molar-refractivity contribution < 1.29 is 9.59 Å². The molecule has 0 unspecified atom stereocenters. The van der Waals surface area contributed by atoms with Crippen LogP contribution in [0.1, 0.15) is 18.9 Å². The number of anilines is 1. The Morgan fingerprint density at radius 3 is 2.65 bits per heavy atom. The summed E-state index contributed by atoms with van der Waals surface area (Å²) >= 11 is 5.83. The highest BCUT2D eigenvalue weighted by atomic mass is 35.5. The highest BCUT2D eigenvalue weighted by Crippen LogP contribution is 2.19. The van der Waals surface area contributed by atoms with Gasteiger partial charge in [-0.3, -0.25) is 9.59 Å². The van der Waals surface area contributed by atoms with Gasteiger partial charge in [-0.05, 0) is 24.6 Å². The van der Waals surface area contributed by atoms with E-state index in [1.807, 2.05) is 13.0 Å². The Labute approximate surface area is 105 Å². The Kier molecular flexibility index (Phi) is 4.97. The van der Waals surface area contributed by atoms with E-state index in [9.17, 15) is 9.59 Å². The van der Waals surface area contributed by atoms with Crippen molar-refractivity contribution in [3.63, 3.8) is 0 Å². The van der Waals surface area contributed by atoms with Gasteiger partial charge in [0.1, 0.15) is 0 Å². The second kappa shape index (κ2) is 6.25. The number of rotatable bonds is 4. The van der Waals surface area contributed by atoms with E-state index in [0.717, 1.165) is 5.56 Å². The van der Waals surface area contributed by atoms with Gasteiger partial charge in [0, 0.05) is 17.1 Å². The van der Waals surface area contributed by atoms with Gasteiger partial charge >= 0.3 is 0 Å². The number of benzene rings is 1. The molecule has 0 aliphatic carbocycles. The third-order valence-corrected chi connectivity index (χ3v) is 2.48. The van der Waals surface area contributed by atoms with Gasteiger partial charge in [0.25, 0.3) is 0 Å². The van der Waals surface area contributed by atoms with E-state index < -0.39 is 0 Å². The average Bonchev–Trinajstić information content (AvgIpc) is 2.30. The van der Waals surface area contributed by atoms with Crippen molar-refractivity contribution in [3.05, 3.63) is 28.8 Å². The number of amides is 2. The molecule has 0 spiro atoms. The van der Waals surface area contributed by atoms with Crippen LogP contribution in [-0.4, -0.2) is 18.4 Å². The predicted octanol–water partition coefficient (Wildman–Crippen LogP) is 2.11. The van der Waals surface area contributed by atoms with Crippen LogP contribution in [0.15, 0.2) is 18.2 Å². The summed E-state index contributed by atoms with van der Waals surface area (Å²) in [6.07, 6.45) is 0.365. The first-order valence-corrected chi connectivity index (χ1v) is 5.73. The number of carbonyl (C=O) groups excluding carboxylic acids is 2. The molecular weight excluding hydrogens is 240 g/mol. The first-order valence-electron chi connectivity index (χ1n) is 5.35. The minimum atomic E-state index is -0.267. The fourth-order valence-electron chi connectivity index (χ4n) is 1.23. The zero-order valence-electron chi connectivity index (χ0n) is 9.84. The number of hydrogen-bond acceptors (Lipinski definition) is 2. The van der Waals surface area contributed by atoms with Crippen molar-refractivity contribution >= 4 is 29.1 Å². The lowest BCUT2D eigenvalue weighted by molar-refractivity contribution is -0.123. The lowest BCUT2D eigenvalue weighted by atomic mass is 10.2. The van der Waals surface area contributed by atoms with Crippen LogP contribution in [0.5, 0.6) is 0 Å². The normalized spacial score (nSPS) is 9.82. The monoisotopic (exact) mass is 254 g/mol. The van der Waals surface area contributed by atoms with Crippen LogP contribution in [0, 0.1) is 6.92 Å². The van der Waals surface area contributed by atoms with Crippen LogP contribution in [-0.2, 0) is 9.59 Å². The first kappa shape index (κ1) is 13.5. The van der Waals surface area contributed by atoms with Gasteiger partial charge in [-0.15, -0.1) is 0 Å². The molecule has 0 saturated heterocycles. The zero-order chi connectivity index (χ0) is 12.8. The number of hydrogen-bond donors (Lipinski definition) is 2. The van der Waals surface area contributed by atoms with Gasteiger partial charge in [-0.25, -0.2) is 0 Å². The van der Waals surface area contributed by atoms with E-state index in [1.165, 1.54) is 0 Å².